The van der Waals surface area contributed by atoms with E-state index in [2.05, 4.69) is 4.31 Å². The molecule has 0 amide bonds. The fourth-order valence-corrected chi connectivity index (χ4v) is 1.25. The van der Waals surface area contributed by atoms with Gasteiger partial charge in [-0.05, 0) is 10.4 Å². The van der Waals surface area contributed by atoms with Gasteiger partial charge in [0.2, 0.25) is 0 Å². The molecule has 10 nitrogen and oxygen atoms in total. The number of hydrogen-bond acceptors (Lipinski definition) is 4. The second-order valence-corrected chi connectivity index (χ2v) is 3.78. The summed E-state index contributed by atoms with van der Waals surface area (Å²) in [5.41, 5.74) is 12.2. The number of nitrogens with zero attached hydrogens (tertiary/aromatic N) is 2. The normalized spacial score (nSPS) is 11.0. The lowest BCUT2D eigenvalue weighted by atomic mass is 13.0. The minimum atomic E-state index is -5.05. The standard InChI is InChI=1S/HN3.H4O7P2/c1-3-2;1-8(2,3)7-9(4,5)6/h1H;(H2,1,2,3)(H2,4,5,6). The van der Waals surface area contributed by atoms with Crippen LogP contribution in [0.3, 0.4) is 0 Å². The lowest BCUT2D eigenvalue weighted by Crippen LogP contribution is -1.84. The maximum Gasteiger partial charge on any atom is 0.478 e. The smallest absolute Gasteiger partial charge is 0.302 e. The van der Waals surface area contributed by atoms with Gasteiger partial charge in [0.25, 0.3) is 0 Å². The molecular weight excluding hydrogens is 216 g/mol. The van der Waals surface area contributed by atoms with Crippen LogP contribution in [-0.4, -0.2) is 19.6 Å². The van der Waals surface area contributed by atoms with E-state index >= 15 is 0 Å². The van der Waals surface area contributed by atoms with Gasteiger partial charge in [-0.1, -0.05) is 0 Å². The summed E-state index contributed by atoms with van der Waals surface area (Å²) >= 11 is 0. The predicted octanol–water partition coefficient (Wildman–Crippen LogP) is 0.0639. The van der Waals surface area contributed by atoms with E-state index < -0.39 is 15.6 Å². The molecule has 0 rings (SSSR count). The zero-order valence-electron chi connectivity index (χ0n) is 5.30. The van der Waals surface area contributed by atoms with E-state index in [1.807, 2.05) is 0 Å². The molecule has 0 aliphatic rings. The van der Waals surface area contributed by atoms with Gasteiger partial charge in [0.15, 0.2) is 0 Å². The van der Waals surface area contributed by atoms with E-state index in [0.29, 0.717) is 0 Å². The van der Waals surface area contributed by atoms with Crippen LogP contribution in [0.2, 0.25) is 0 Å². The Morgan fingerprint density at radius 3 is 1.33 bits per heavy atom. The number of rotatable bonds is 2. The Morgan fingerprint density at radius 1 is 1.17 bits per heavy atom. The van der Waals surface area contributed by atoms with E-state index in [-0.39, 0.29) is 0 Å². The van der Waals surface area contributed by atoms with Crippen molar-refractivity contribution < 1.29 is 33.0 Å². The molecule has 0 heterocycles. The van der Waals surface area contributed by atoms with Crippen molar-refractivity contribution >= 4 is 15.6 Å². The van der Waals surface area contributed by atoms with Crippen molar-refractivity contribution in [1.29, 1.82) is 5.53 Å². The van der Waals surface area contributed by atoms with Gasteiger partial charge < -0.3 is 19.6 Å². The molecule has 0 fully saturated rings. The van der Waals surface area contributed by atoms with Crippen LogP contribution in [0.15, 0.2) is 0 Å². The van der Waals surface area contributed by atoms with Crippen molar-refractivity contribution in [3.05, 3.63) is 10.4 Å². The summed E-state index contributed by atoms with van der Waals surface area (Å²) < 4.78 is 22.2. The summed E-state index contributed by atoms with van der Waals surface area (Å²) in [4.78, 5) is 32.7. The summed E-state index contributed by atoms with van der Waals surface area (Å²) in [6, 6.07) is 0. The molecule has 0 aliphatic carbocycles. The van der Waals surface area contributed by atoms with Crippen LogP contribution in [0.1, 0.15) is 0 Å². The summed E-state index contributed by atoms with van der Waals surface area (Å²) in [5, 5.41) is 0. The monoisotopic (exact) mass is 221 g/mol. The number of nitrogens with one attached hydrogen (secondary N) is 1. The first kappa shape index (κ1) is 14.1. The van der Waals surface area contributed by atoms with Gasteiger partial charge in [-0.3, -0.25) is 0 Å². The molecule has 0 aliphatic heterocycles. The van der Waals surface area contributed by atoms with Crippen LogP contribution in [0.25, 0.3) is 10.4 Å². The molecule has 0 aromatic rings. The first-order valence-corrected chi connectivity index (χ1v) is 5.01. The van der Waals surface area contributed by atoms with Crippen molar-refractivity contribution in [3.63, 3.8) is 0 Å². The molecule has 0 unspecified atom stereocenters. The Bertz CT molecular complexity index is 219. The lowest BCUT2D eigenvalue weighted by Gasteiger charge is -2.03. The molecule has 0 spiro atoms. The van der Waals surface area contributed by atoms with Crippen LogP contribution in [0.5, 0.6) is 0 Å². The zero-order valence-corrected chi connectivity index (χ0v) is 7.09. The molecule has 0 aromatic heterocycles. The maximum absolute atomic E-state index is 9.63. The zero-order chi connectivity index (χ0) is 10.4. The highest BCUT2D eigenvalue weighted by molar-refractivity contribution is 7.60. The fraction of sp³-hybridized carbons (Fsp3) is 0. The van der Waals surface area contributed by atoms with Crippen LogP contribution in [-0.2, 0) is 13.4 Å². The van der Waals surface area contributed by atoms with Crippen molar-refractivity contribution in [2.75, 3.05) is 0 Å². The third-order valence-corrected chi connectivity index (χ3v) is 1.91. The molecule has 0 saturated heterocycles. The Hall–Kier alpha value is -0.430. The Balaban J connectivity index is 0. The third-order valence-electron chi connectivity index (χ3n) is 0.213. The van der Waals surface area contributed by atoms with E-state index in [1.54, 1.807) is 4.91 Å². The topological polar surface area (TPSA) is 185 Å². The van der Waals surface area contributed by atoms with Crippen LogP contribution >= 0.6 is 15.6 Å². The van der Waals surface area contributed by atoms with Crippen LogP contribution in [0, 0.1) is 5.53 Å². The molecule has 0 bridgehead atoms. The Labute approximate surface area is 65.7 Å². The highest BCUT2D eigenvalue weighted by Gasteiger charge is 2.27. The van der Waals surface area contributed by atoms with E-state index in [0.717, 1.165) is 0 Å². The SMILES string of the molecule is O=P(O)(O)OP(=O)(O)O.[N-]=[N+]=N. The fourth-order valence-electron chi connectivity index (χ4n) is 0.139. The average molecular weight is 221 g/mol. The highest BCUT2D eigenvalue weighted by atomic mass is 31.3. The minimum absolute atomic E-state index is 1.75. The van der Waals surface area contributed by atoms with Gasteiger partial charge in [-0.15, -0.1) is 5.53 Å². The molecule has 12 heavy (non-hydrogen) atoms. The number of hydrogen-bond donors (Lipinski definition) is 5. The van der Waals surface area contributed by atoms with E-state index in [4.69, 9.17) is 30.6 Å². The largest absolute Gasteiger partial charge is 0.478 e. The predicted molar refractivity (Wildman–Crippen MR) is 34.6 cm³/mol. The van der Waals surface area contributed by atoms with Gasteiger partial charge in [-0.2, -0.15) is 4.31 Å². The summed E-state index contributed by atoms with van der Waals surface area (Å²) in [7, 11) is -10.1. The van der Waals surface area contributed by atoms with Crippen molar-refractivity contribution in [2.24, 2.45) is 0 Å². The average Bonchev–Trinajstić information content (AvgIpc) is 1.53. The molecule has 0 atom stereocenters. The molecule has 0 radical (unpaired) electrons. The van der Waals surface area contributed by atoms with Gasteiger partial charge in [0.05, 0.1) is 0 Å². The molecule has 5 N–H and O–H groups in total. The Kier molecular flexibility index (Phi) is 6.18. The molecule has 72 valence electrons. The van der Waals surface area contributed by atoms with Crippen molar-refractivity contribution in [1.82, 2.24) is 0 Å². The van der Waals surface area contributed by atoms with Gasteiger partial charge in [0, 0.05) is 0 Å². The molecular formula is H5N3O7P2. The minimum Gasteiger partial charge on any atom is -0.302 e. The van der Waals surface area contributed by atoms with Gasteiger partial charge in [-0.25, -0.2) is 9.13 Å². The molecule has 12 heteroatoms. The summed E-state index contributed by atoms with van der Waals surface area (Å²) in [6.07, 6.45) is 0. The van der Waals surface area contributed by atoms with Gasteiger partial charge in [0.1, 0.15) is 0 Å². The van der Waals surface area contributed by atoms with Gasteiger partial charge >= 0.3 is 15.6 Å². The highest BCUT2D eigenvalue weighted by Crippen LogP contribution is 2.53. The second kappa shape index (κ2) is 5.26. The number of phosphoric acid groups is 2. The van der Waals surface area contributed by atoms with E-state index in [9.17, 15) is 9.13 Å². The first-order valence-electron chi connectivity index (χ1n) is 1.95. The Morgan fingerprint density at radius 2 is 1.33 bits per heavy atom. The van der Waals surface area contributed by atoms with Crippen molar-refractivity contribution in [3.8, 4) is 0 Å². The lowest BCUT2D eigenvalue weighted by molar-refractivity contribution is 0.225. The molecule has 0 saturated carbocycles. The summed E-state index contributed by atoms with van der Waals surface area (Å²) in [5.74, 6) is 0. The maximum atomic E-state index is 9.63. The molecule has 0 aromatic carbocycles. The van der Waals surface area contributed by atoms with Crippen LogP contribution in [0.4, 0.5) is 0 Å². The second-order valence-electron chi connectivity index (χ2n) is 1.16. The quantitative estimate of drug-likeness (QED) is 0.189. The third kappa shape index (κ3) is 22.7. The van der Waals surface area contributed by atoms with E-state index in [1.165, 1.54) is 0 Å². The van der Waals surface area contributed by atoms with Crippen molar-refractivity contribution in [2.45, 2.75) is 0 Å². The van der Waals surface area contributed by atoms with Crippen LogP contribution < -0.4 is 0 Å². The first-order chi connectivity index (χ1) is 5.12. The summed E-state index contributed by atoms with van der Waals surface area (Å²) in [6.45, 7) is 0.